The summed E-state index contributed by atoms with van der Waals surface area (Å²) in [5.74, 6) is -0.211. The van der Waals surface area contributed by atoms with Crippen molar-refractivity contribution in [3.8, 4) is 11.4 Å². The van der Waals surface area contributed by atoms with Gasteiger partial charge in [-0.15, -0.1) is 0 Å². The van der Waals surface area contributed by atoms with Crippen LogP contribution < -0.4 is 5.32 Å². The number of ether oxygens (including phenoxy) is 2. The second-order valence-corrected chi connectivity index (χ2v) is 12.5. The Morgan fingerprint density at radius 3 is 2.49 bits per heavy atom. The Labute approximate surface area is 231 Å². The number of pyridine rings is 2. The Balaban J connectivity index is 2.08. The largest absolute Gasteiger partial charge is 0.450 e. The monoisotopic (exact) mass is 572 g/mol. The van der Waals surface area contributed by atoms with Gasteiger partial charge in [0, 0.05) is 17.3 Å². The molecular formula is C27H29ClN4O6S. The molecule has 0 radical (unpaired) electrons. The molecule has 3 heterocycles. The van der Waals surface area contributed by atoms with Crippen LogP contribution in [0, 0.1) is 6.92 Å². The molecule has 4 rings (SSSR count). The van der Waals surface area contributed by atoms with Gasteiger partial charge in [-0.1, -0.05) is 24.6 Å². The Hall–Kier alpha value is -3.70. The number of sulfone groups is 1. The van der Waals surface area contributed by atoms with Crippen molar-refractivity contribution in [3.05, 3.63) is 47.1 Å². The van der Waals surface area contributed by atoms with Gasteiger partial charge in [0.05, 0.1) is 33.3 Å². The molecule has 4 aromatic rings. The van der Waals surface area contributed by atoms with Crippen molar-refractivity contribution >= 4 is 61.2 Å². The lowest BCUT2D eigenvalue weighted by Gasteiger charge is -2.21. The highest BCUT2D eigenvalue weighted by Gasteiger charge is 2.31. The van der Waals surface area contributed by atoms with Crippen molar-refractivity contribution in [2.45, 2.75) is 52.0 Å². The van der Waals surface area contributed by atoms with Gasteiger partial charge in [0.25, 0.3) is 0 Å². The predicted octanol–water partition coefficient (Wildman–Crippen LogP) is 6.36. The van der Waals surface area contributed by atoms with E-state index in [1.165, 1.54) is 17.6 Å². The maximum Gasteiger partial charge on any atom is 0.419 e. The van der Waals surface area contributed by atoms with Gasteiger partial charge in [-0.3, -0.25) is 10.3 Å². The standard InChI is InChI=1S/C27H29ClN4O6S/c1-7-37-25(33)30-17-10-9-16-12-20(39(35,36)8-2)23(31-18(16)13-17)24-21(28)22-19(11-15(3)14-29-22)32(24)26(34)38-27(4,5)6/h9-14H,7-8H2,1-6H3,(H,30,33). The minimum Gasteiger partial charge on any atom is -0.450 e. The van der Waals surface area contributed by atoms with E-state index >= 15 is 0 Å². The molecule has 0 aliphatic carbocycles. The number of nitrogens with zero attached hydrogens (tertiary/aromatic N) is 3. The predicted molar refractivity (Wildman–Crippen MR) is 150 cm³/mol. The van der Waals surface area contributed by atoms with Crippen molar-refractivity contribution in [1.82, 2.24) is 14.5 Å². The number of hydrogen-bond acceptors (Lipinski definition) is 8. The summed E-state index contributed by atoms with van der Waals surface area (Å²) >= 11 is 6.82. The van der Waals surface area contributed by atoms with Crippen molar-refractivity contribution in [1.29, 1.82) is 0 Å². The minimum absolute atomic E-state index is 0.0378. The molecule has 39 heavy (non-hydrogen) atoms. The third kappa shape index (κ3) is 5.69. The lowest BCUT2D eigenvalue weighted by Crippen LogP contribution is -2.27. The zero-order chi connectivity index (χ0) is 28.7. The van der Waals surface area contributed by atoms with E-state index in [0.717, 1.165) is 5.56 Å². The van der Waals surface area contributed by atoms with Crippen LogP contribution in [0.3, 0.4) is 0 Å². The van der Waals surface area contributed by atoms with Crippen LogP contribution in [0.1, 0.15) is 40.2 Å². The third-order valence-electron chi connectivity index (χ3n) is 5.70. The first-order chi connectivity index (χ1) is 18.3. The average Bonchev–Trinajstić information content (AvgIpc) is 3.13. The SMILES string of the molecule is CCOC(=O)Nc1ccc2cc(S(=O)(=O)CC)c(-c3c(Cl)c4ncc(C)cc4n3C(=O)OC(C)(C)C)nc2c1. The molecule has 206 valence electrons. The van der Waals surface area contributed by atoms with Crippen LogP contribution in [0.2, 0.25) is 5.02 Å². The summed E-state index contributed by atoms with van der Waals surface area (Å²) in [6.45, 7) is 10.4. The van der Waals surface area contributed by atoms with E-state index in [1.54, 1.807) is 58.2 Å². The average molecular weight is 573 g/mol. The second kappa shape index (κ2) is 10.5. The summed E-state index contributed by atoms with van der Waals surface area (Å²) in [5, 5.41) is 3.17. The fourth-order valence-corrected chi connectivity index (χ4v) is 5.38. The van der Waals surface area contributed by atoms with Crippen LogP contribution in [-0.2, 0) is 19.3 Å². The number of benzene rings is 1. The number of anilines is 1. The van der Waals surface area contributed by atoms with Crippen LogP contribution in [0.4, 0.5) is 15.3 Å². The number of carbonyl (C=O) groups is 2. The zero-order valence-corrected chi connectivity index (χ0v) is 24.0. The number of aromatic nitrogens is 3. The summed E-state index contributed by atoms with van der Waals surface area (Å²) in [5.41, 5.74) is 1.30. The lowest BCUT2D eigenvalue weighted by molar-refractivity contribution is 0.0547. The van der Waals surface area contributed by atoms with Crippen molar-refractivity contribution in [2.75, 3.05) is 17.7 Å². The number of nitrogens with one attached hydrogen (secondary N) is 1. The van der Waals surface area contributed by atoms with Crippen molar-refractivity contribution in [3.63, 3.8) is 0 Å². The Morgan fingerprint density at radius 1 is 1.13 bits per heavy atom. The molecule has 3 aromatic heterocycles. The number of fused-ring (bicyclic) bond motifs is 2. The third-order valence-corrected chi connectivity index (χ3v) is 7.80. The molecule has 0 fully saturated rings. The molecule has 1 N–H and O–H groups in total. The summed E-state index contributed by atoms with van der Waals surface area (Å²) in [6, 6.07) is 8.03. The van der Waals surface area contributed by atoms with E-state index < -0.39 is 27.6 Å². The lowest BCUT2D eigenvalue weighted by atomic mass is 10.1. The molecule has 0 saturated heterocycles. The molecule has 0 spiro atoms. The van der Waals surface area contributed by atoms with E-state index in [4.69, 9.17) is 21.1 Å². The molecule has 0 unspecified atom stereocenters. The minimum atomic E-state index is -3.84. The van der Waals surface area contributed by atoms with Gasteiger partial charge in [-0.25, -0.2) is 27.6 Å². The Kier molecular flexibility index (Phi) is 7.59. The van der Waals surface area contributed by atoms with E-state index in [9.17, 15) is 18.0 Å². The molecule has 0 atom stereocenters. The number of rotatable bonds is 5. The molecule has 1 amide bonds. The molecule has 0 bridgehead atoms. The fraction of sp³-hybridized carbons (Fsp3) is 0.333. The van der Waals surface area contributed by atoms with Crippen LogP contribution in [-0.4, -0.2) is 53.1 Å². The summed E-state index contributed by atoms with van der Waals surface area (Å²) in [4.78, 5) is 34.5. The van der Waals surface area contributed by atoms with Gasteiger partial charge in [0.1, 0.15) is 22.5 Å². The van der Waals surface area contributed by atoms with Crippen molar-refractivity contribution in [2.24, 2.45) is 0 Å². The van der Waals surface area contributed by atoms with Crippen LogP contribution in [0.25, 0.3) is 33.3 Å². The molecule has 10 nitrogen and oxygen atoms in total. The molecule has 12 heteroatoms. The van der Waals surface area contributed by atoms with Gasteiger partial charge in [-0.05, 0) is 64.4 Å². The van der Waals surface area contributed by atoms with Crippen LogP contribution in [0.15, 0.2) is 41.4 Å². The van der Waals surface area contributed by atoms with Gasteiger partial charge in [0.2, 0.25) is 0 Å². The van der Waals surface area contributed by atoms with Gasteiger partial charge < -0.3 is 9.47 Å². The first-order valence-corrected chi connectivity index (χ1v) is 14.3. The number of aryl methyl sites for hydroxylation is 1. The number of amides is 1. The van der Waals surface area contributed by atoms with E-state index in [0.29, 0.717) is 27.6 Å². The second-order valence-electron chi connectivity index (χ2n) is 9.85. The first-order valence-electron chi connectivity index (χ1n) is 12.3. The quantitative estimate of drug-likeness (QED) is 0.292. The fourth-order valence-electron chi connectivity index (χ4n) is 4.00. The highest BCUT2D eigenvalue weighted by atomic mass is 35.5. The molecule has 1 aromatic carbocycles. The van der Waals surface area contributed by atoms with Crippen molar-refractivity contribution < 1.29 is 27.5 Å². The maximum atomic E-state index is 13.5. The van der Waals surface area contributed by atoms with E-state index in [-0.39, 0.29) is 33.7 Å². The van der Waals surface area contributed by atoms with E-state index in [2.05, 4.69) is 15.3 Å². The Bertz CT molecular complexity index is 1720. The summed E-state index contributed by atoms with van der Waals surface area (Å²) in [7, 11) is -3.84. The van der Waals surface area contributed by atoms with Crippen LogP contribution >= 0.6 is 11.6 Å². The molecule has 0 saturated carbocycles. The number of halogens is 1. The van der Waals surface area contributed by atoms with Gasteiger partial charge in [0.15, 0.2) is 9.84 Å². The first kappa shape index (κ1) is 28.3. The van der Waals surface area contributed by atoms with Gasteiger partial charge >= 0.3 is 12.2 Å². The topological polar surface area (TPSA) is 129 Å². The van der Waals surface area contributed by atoms with Crippen LogP contribution in [0.5, 0.6) is 0 Å². The zero-order valence-electron chi connectivity index (χ0n) is 22.5. The van der Waals surface area contributed by atoms with Gasteiger partial charge in [-0.2, -0.15) is 0 Å². The van der Waals surface area contributed by atoms with E-state index in [1.807, 2.05) is 6.92 Å². The Morgan fingerprint density at radius 2 is 1.85 bits per heavy atom. The summed E-state index contributed by atoms with van der Waals surface area (Å²) in [6.07, 6.45) is 0.195. The summed E-state index contributed by atoms with van der Waals surface area (Å²) < 4.78 is 38.5. The maximum absolute atomic E-state index is 13.5. The smallest absolute Gasteiger partial charge is 0.419 e. The number of carbonyl (C=O) groups excluding carboxylic acids is 2. The molecular weight excluding hydrogens is 544 g/mol. The highest BCUT2D eigenvalue weighted by molar-refractivity contribution is 7.91. The highest BCUT2D eigenvalue weighted by Crippen LogP contribution is 2.40. The number of hydrogen-bond donors (Lipinski definition) is 1. The molecule has 0 aliphatic heterocycles. The molecule has 0 aliphatic rings. The normalized spacial score (nSPS) is 12.1.